The van der Waals surface area contributed by atoms with Crippen molar-refractivity contribution in [2.75, 3.05) is 0 Å². The predicted molar refractivity (Wildman–Crippen MR) is 76.2 cm³/mol. The van der Waals surface area contributed by atoms with Crippen LogP contribution in [0, 0.1) is 6.92 Å². The first kappa shape index (κ1) is 12.2. The van der Waals surface area contributed by atoms with E-state index in [1.54, 1.807) is 4.52 Å². The topological polar surface area (TPSA) is 39.4 Å². The van der Waals surface area contributed by atoms with Gasteiger partial charge in [0.2, 0.25) is 0 Å². The lowest BCUT2D eigenvalue weighted by Gasteiger charge is -2.03. The number of benzene rings is 1. The van der Waals surface area contributed by atoms with Crippen LogP contribution in [0.25, 0.3) is 5.65 Å². The molecule has 1 aromatic carbocycles. The molecule has 19 heavy (non-hydrogen) atoms. The smallest absolute Gasteiger partial charge is 0.189 e. The zero-order chi connectivity index (χ0) is 13.2. The lowest BCUT2D eigenvalue weighted by molar-refractivity contribution is 0.296. The Hall–Kier alpha value is -1.88. The zero-order valence-corrected chi connectivity index (χ0v) is 12.0. The number of hydrogen-bond acceptors (Lipinski definition) is 3. The van der Waals surface area contributed by atoms with E-state index in [0.717, 1.165) is 15.9 Å². The van der Waals surface area contributed by atoms with Crippen molar-refractivity contribution in [3.63, 3.8) is 0 Å². The number of halogens is 1. The van der Waals surface area contributed by atoms with Crippen molar-refractivity contribution in [3.05, 3.63) is 58.5 Å². The number of nitrogens with zero attached hydrogens (tertiary/aromatic N) is 3. The van der Waals surface area contributed by atoms with Crippen molar-refractivity contribution in [1.29, 1.82) is 0 Å². The Morgan fingerprint density at radius 2 is 1.95 bits per heavy atom. The Morgan fingerprint density at radius 3 is 2.74 bits per heavy atom. The monoisotopic (exact) mass is 317 g/mol. The van der Waals surface area contributed by atoms with Crippen molar-refractivity contribution >= 4 is 21.6 Å². The van der Waals surface area contributed by atoms with Crippen LogP contribution in [0.2, 0.25) is 0 Å². The van der Waals surface area contributed by atoms with Gasteiger partial charge in [-0.1, -0.05) is 17.7 Å². The summed E-state index contributed by atoms with van der Waals surface area (Å²) in [5.74, 6) is 1.49. The van der Waals surface area contributed by atoms with Gasteiger partial charge in [-0.3, -0.25) is 0 Å². The van der Waals surface area contributed by atoms with E-state index in [9.17, 15) is 0 Å². The highest BCUT2D eigenvalue weighted by Crippen LogP contribution is 2.14. The summed E-state index contributed by atoms with van der Waals surface area (Å²) in [5.41, 5.74) is 2.02. The van der Waals surface area contributed by atoms with Gasteiger partial charge in [0.15, 0.2) is 11.5 Å². The standard InChI is InChI=1S/C14H12BrN3O/c1-10-2-5-12(6-3-10)19-9-13-16-14-7-4-11(15)8-18(14)17-13/h2-8H,9H2,1H3. The molecule has 0 radical (unpaired) electrons. The molecular weight excluding hydrogens is 306 g/mol. The van der Waals surface area contributed by atoms with Crippen LogP contribution < -0.4 is 4.74 Å². The minimum Gasteiger partial charge on any atom is -0.486 e. The molecule has 0 amide bonds. The second kappa shape index (κ2) is 5.01. The van der Waals surface area contributed by atoms with Crippen LogP contribution >= 0.6 is 15.9 Å². The van der Waals surface area contributed by atoms with Gasteiger partial charge in [0.05, 0.1) is 0 Å². The Bertz CT molecular complexity index is 706. The first-order valence-electron chi connectivity index (χ1n) is 5.91. The molecule has 0 saturated carbocycles. The highest BCUT2D eigenvalue weighted by Gasteiger charge is 2.04. The van der Waals surface area contributed by atoms with E-state index in [1.165, 1.54) is 5.56 Å². The van der Waals surface area contributed by atoms with E-state index in [0.29, 0.717) is 12.4 Å². The second-order valence-electron chi connectivity index (χ2n) is 4.28. The van der Waals surface area contributed by atoms with Crippen molar-refractivity contribution < 1.29 is 4.74 Å². The molecule has 0 N–H and O–H groups in total. The van der Waals surface area contributed by atoms with Gasteiger partial charge in [-0.25, -0.2) is 9.50 Å². The fourth-order valence-corrected chi connectivity index (χ4v) is 2.07. The van der Waals surface area contributed by atoms with Crippen molar-refractivity contribution in [1.82, 2.24) is 14.6 Å². The molecule has 2 aromatic heterocycles. The van der Waals surface area contributed by atoms with E-state index in [-0.39, 0.29) is 0 Å². The maximum atomic E-state index is 5.66. The van der Waals surface area contributed by atoms with E-state index >= 15 is 0 Å². The molecule has 0 spiro atoms. The van der Waals surface area contributed by atoms with Gasteiger partial charge in [0.25, 0.3) is 0 Å². The molecule has 3 rings (SSSR count). The van der Waals surface area contributed by atoms with Crippen LogP contribution in [0.1, 0.15) is 11.4 Å². The van der Waals surface area contributed by atoms with Crippen molar-refractivity contribution in [2.45, 2.75) is 13.5 Å². The largest absolute Gasteiger partial charge is 0.486 e. The molecule has 0 fully saturated rings. The van der Waals surface area contributed by atoms with Crippen LogP contribution in [0.3, 0.4) is 0 Å². The highest BCUT2D eigenvalue weighted by molar-refractivity contribution is 9.10. The molecule has 0 aliphatic heterocycles. The lowest BCUT2D eigenvalue weighted by atomic mass is 10.2. The molecule has 0 unspecified atom stereocenters. The molecule has 4 nitrogen and oxygen atoms in total. The van der Waals surface area contributed by atoms with Gasteiger partial charge in [0, 0.05) is 10.7 Å². The minimum atomic E-state index is 0.363. The fraction of sp³-hybridized carbons (Fsp3) is 0.143. The Morgan fingerprint density at radius 1 is 1.16 bits per heavy atom. The number of aryl methyl sites for hydroxylation is 1. The van der Waals surface area contributed by atoms with E-state index in [4.69, 9.17) is 4.74 Å². The summed E-state index contributed by atoms with van der Waals surface area (Å²) in [4.78, 5) is 4.39. The number of aromatic nitrogens is 3. The van der Waals surface area contributed by atoms with Gasteiger partial charge >= 0.3 is 0 Å². The summed E-state index contributed by atoms with van der Waals surface area (Å²) in [5, 5.41) is 4.36. The predicted octanol–water partition coefficient (Wildman–Crippen LogP) is 3.38. The summed E-state index contributed by atoms with van der Waals surface area (Å²) < 4.78 is 8.36. The van der Waals surface area contributed by atoms with Crippen LogP contribution in [0.15, 0.2) is 47.1 Å². The minimum absolute atomic E-state index is 0.363. The van der Waals surface area contributed by atoms with Crippen LogP contribution in [-0.4, -0.2) is 14.6 Å². The first-order valence-corrected chi connectivity index (χ1v) is 6.70. The van der Waals surface area contributed by atoms with E-state index < -0.39 is 0 Å². The normalized spacial score (nSPS) is 10.8. The third-order valence-corrected chi connectivity index (χ3v) is 3.20. The van der Waals surface area contributed by atoms with E-state index in [2.05, 4.69) is 26.0 Å². The van der Waals surface area contributed by atoms with Gasteiger partial charge in [-0.05, 0) is 47.1 Å². The number of rotatable bonds is 3. The average Bonchev–Trinajstić information content (AvgIpc) is 2.80. The van der Waals surface area contributed by atoms with Crippen LogP contribution in [-0.2, 0) is 6.61 Å². The zero-order valence-electron chi connectivity index (χ0n) is 10.4. The molecule has 96 valence electrons. The molecule has 0 aliphatic rings. The van der Waals surface area contributed by atoms with Gasteiger partial charge in [-0.2, -0.15) is 0 Å². The van der Waals surface area contributed by atoms with Crippen LogP contribution in [0.4, 0.5) is 0 Å². The molecule has 0 bridgehead atoms. The first-order chi connectivity index (χ1) is 9.20. The van der Waals surface area contributed by atoms with Gasteiger partial charge in [0.1, 0.15) is 12.4 Å². The summed E-state index contributed by atoms with van der Waals surface area (Å²) in [7, 11) is 0. The van der Waals surface area contributed by atoms with Gasteiger partial charge < -0.3 is 4.74 Å². The third-order valence-electron chi connectivity index (χ3n) is 2.73. The molecule has 0 aliphatic carbocycles. The van der Waals surface area contributed by atoms with Gasteiger partial charge in [-0.15, -0.1) is 5.10 Å². The number of fused-ring (bicyclic) bond motifs is 1. The summed E-state index contributed by atoms with van der Waals surface area (Å²) in [6, 6.07) is 11.8. The maximum absolute atomic E-state index is 5.66. The molecule has 0 saturated heterocycles. The Balaban J connectivity index is 1.76. The Kier molecular flexibility index (Phi) is 3.21. The molecule has 3 aromatic rings. The highest BCUT2D eigenvalue weighted by atomic mass is 79.9. The summed E-state index contributed by atoms with van der Waals surface area (Å²) in [6.45, 7) is 2.41. The van der Waals surface area contributed by atoms with Crippen molar-refractivity contribution in [2.24, 2.45) is 0 Å². The average molecular weight is 318 g/mol. The quantitative estimate of drug-likeness (QED) is 0.743. The maximum Gasteiger partial charge on any atom is 0.189 e. The van der Waals surface area contributed by atoms with Crippen molar-refractivity contribution in [3.8, 4) is 5.75 Å². The molecule has 5 heteroatoms. The lowest BCUT2D eigenvalue weighted by Crippen LogP contribution is -1.98. The Labute approximate surface area is 119 Å². The molecule has 0 atom stereocenters. The summed E-state index contributed by atoms with van der Waals surface area (Å²) >= 11 is 3.40. The second-order valence-corrected chi connectivity index (χ2v) is 5.20. The number of hydrogen-bond donors (Lipinski definition) is 0. The van der Waals surface area contributed by atoms with Crippen LogP contribution in [0.5, 0.6) is 5.75 Å². The SMILES string of the molecule is Cc1ccc(OCc2nc3ccc(Br)cn3n2)cc1. The molecular formula is C14H12BrN3O. The van der Waals surface area contributed by atoms with E-state index in [1.807, 2.05) is 49.5 Å². The number of ether oxygens (including phenoxy) is 1. The summed E-state index contributed by atoms with van der Waals surface area (Å²) in [6.07, 6.45) is 1.87. The fourth-order valence-electron chi connectivity index (χ4n) is 1.75. The molecule has 2 heterocycles. The number of pyridine rings is 1. The third kappa shape index (κ3) is 2.76.